The van der Waals surface area contributed by atoms with E-state index < -0.39 is 5.97 Å². The Balaban J connectivity index is 2.07. The fourth-order valence-electron chi connectivity index (χ4n) is 3.00. The highest BCUT2D eigenvalue weighted by Crippen LogP contribution is 2.38. The van der Waals surface area contributed by atoms with E-state index in [0.717, 1.165) is 30.2 Å². The number of halogens is 1. The van der Waals surface area contributed by atoms with Crippen molar-refractivity contribution in [3.05, 3.63) is 20.8 Å². The van der Waals surface area contributed by atoms with Gasteiger partial charge in [0.15, 0.2) is 0 Å². The summed E-state index contributed by atoms with van der Waals surface area (Å²) in [5, 5.41) is 11.4. The topological polar surface area (TPSA) is 37.3 Å². The molecule has 0 amide bonds. The van der Waals surface area contributed by atoms with Crippen molar-refractivity contribution < 1.29 is 9.90 Å². The van der Waals surface area contributed by atoms with Gasteiger partial charge in [-0.3, -0.25) is 4.79 Å². The second-order valence-corrected chi connectivity index (χ2v) is 7.14. The average Bonchev–Trinajstić information content (AvgIpc) is 2.74. The minimum atomic E-state index is -0.606. The fraction of sp³-hybridized carbons (Fsp3) is 0.643. The molecule has 0 aliphatic heterocycles. The summed E-state index contributed by atoms with van der Waals surface area (Å²) in [7, 11) is 0. The number of carbonyl (C=O) groups is 1. The Hall–Kier alpha value is -0.350. The van der Waals surface area contributed by atoms with Crippen LogP contribution in [0.3, 0.4) is 0 Å². The van der Waals surface area contributed by atoms with Gasteiger partial charge in [0.2, 0.25) is 0 Å². The Labute approximate surface area is 121 Å². The van der Waals surface area contributed by atoms with Crippen molar-refractivity contribution in [3.8, 4) is 0 Å². The third-order valence-electron chi connectivity index (χ3n) is 4.07. The number of thiophene rings is 1. The van der Waals surface area contributed by atoms with Crippen LogP contribution in [0.2, 0.25) is 0 Å². The van der Waals surface area contributed by atoms with Crippen molar-refractivity contribution in [1.82, 2.24) is 0 Å². The van der Waals surface area contributed by atoms with E-state index in [-0.39, 0.29) is 5.92 Å². The van der Waals surface area contributed by atoms with Crippen LogP contribution in [-0.4, -0.2) is 11.1 Å². The zero-order valence-electron chi connectivity index (χ0n) is 10.6. The molecule has 4 heteroatoms. The first-order valence-corrected chi connectivity index (χ1v) is 8.23. The lowest BCUT2D eigenvalue weighted by Gasteiger charge is -2.33. The van der Waals surface area contributed by atoms with Gasteiger partial charge in [0.25, 0.3) is 0 Å². The Morgan fingerprint density at radius 2 is 2.33 bits per heavy atom. The smallest absolute Gasteiger partial charge is 0.306 e. The molecule has 0 aromatic carbocycles. The lowest BCUT2D eigenvalue weighted by Crippen LogP contribution is -2.31. The van der Waals surface area contributed by atoms with Gasteiger partial charge in [-0.1, -0.05) is 13.3 Å². The molecule has 2 nitrogen and oxygen atoms in total. The van der Waals surface area contributed by atoms with Crippen LogP contribution in [0.25, 0.3) is 0 Å². The summed E-state index contributed by atoms with van der Waals surface area (Å²) < 4.78 is 1.11. The third-order valence-corrected chi connectivity index (χ3v) is 5.79. The fourth-order valence-corrected chi connectivity index (χ4v) is 4.55. The van der Waals surface area contributed by atoms with E-state index in [1.807, 2.05) is 0 Å². The van der Waals surface area contributed by atoms with E-state index in [9.17, 15) is 9.90 Å². The van der Waals surface area contributed by atoms with Gasteiger partial charge in [-0.15, -0.1) is 11.3 Å². The van der Waals surface area contributed by atoms with Crippen LogP contribution in [0.1, 0.15) is 37.5 Å². The predicted molar refractivity (Wildman–Crippen MR) is 78.0 cm³/mol. The number of rotatable bonds is 4. The summed E-state index contributed by atoms with van der Waals surface area (Å²) >= 11 is 5.19. The number of aliphatic carboxylic acids is 1. The first kappa shape index (κ1) is 14.1. The van der Waals surface area contributed by atoms with Crippen LogP contribution < -0.4 is 0 Å². The Morgan fingerprint density at radius 1 is 1.56 bits per heavy atom. The van der Waals surface area contributed by atoms with Crippen LogP contribution >= 0.6 is 27.3 Å². The Morgan fingerprint density at radius 3 is 2.89 bits per heavy atom. The minimum absolute atomic E-state index is 0.145. The van der Waals surface area contributed by atoms with E-state index >= 15 is 0 Å². The molecule has 1 aliphatic rings. The molecule has 3 atom stereocenters. The van der Waals surface area contributed by atoms with Crippen molar-refractivity contribution >= 4 is 33.2 Å². The van der Waals surface area contributed by atoms with Crippen LogP contribution in [0.15, 0.2) is 15.9 Å². The molecule has 1 heterocycles. The highest BCUT2D eigenvalue weighted by atomic mass is 79.9. The summed E-state index contributed by atoms with van der Waals surface area (Å²) in [5.74, 6) is 0.277. The Bertz CT molecular complexity index is 416. The van der Waals surface area contributed by atoms with E-state index in [2.05, 4.69) is 34.3 Å². The zero-order valence-corrected chi connectivity index (χ0v) is 13.0. The van der Waals surface area contributed by atoms with Crippen LogP contribution in [-0.2, 0) is 11.2 Å². The van der Waals surface area contributed by atoms with Gasteiger partial charge < -0.3 is 5.11 Å². The third kappa shape index (κ3) is 3.35. The van der Waals surface area contributed by atoms with E-state index in [4.69, 9.17) is 0 Å². The Kier molecular flexibility index (Phi) is 4.84. The lowest BCUT2D eigenvalue weighted by molar-refractivity contribution is -0.145. The molecule has 0 saturated heterocycles. The van der Waals surface area contributed by atoms with Crippen molar-refractivity contribution in [2.45, 2.75) is 39.0 Å². The molecular formula is C14H19BrO2S. The van der Waals surface area contributed by atoms with Gasteiger partial charge in [0.1, 0.15) is 0 Å². The highest BCUT2D eigenvalue weighted by Gasteiger charge is 2.34. The molecule has 1 saturated carbocycles. The first-order chi connectivity index (χ1) is 8.60. The molecule has 3 unspecified atom stereocenters. The van der Waals surface area contributed by atoms with Crippen LogP contribution in [0.4, 0.5) is 0 Å². The van der Waals surface area contributed by atoms with Gasteiger partial charge in [0.05, 0.1) is 5.92 Å². The second kappa shape index (κ2) is 6.20. The lowest BCUT2D eigenvalue weighted by atomic mass is 9.72. The van der Waals surface area contributed by atoms with Gasteiger partial charge >= 0.3 is 5.97 Å². The van der Waals surface area contributed by atoms with Crippen molar-refractivity contribution in [1.29, 1.82) is 0 Å². The molecule has 1 aliphatic carbocycles. The summed E-state index contributed by atoms with van der Waals surface area (Å²) in [6.45, 7) is 2.21. The second-order valence-electron chi connectivity index (χ2n) is 5.23. The largest absolute Gasteiger partial charge is 0.481 e. The van der Waals surface area contributed by atoms with E-state index in [0.29, 0.717) is 11.8 Å². The maximum absolute atomic E-state index is 11.3. The van der Waals surface area contributed by atoms with Crippen LogP contribution in [0, 0.1) is 17.8 Å². The van der Waals surface area contributed by atoms with Crippen molar-refractivity contribution in [2.75, 3.05) is 0 Å². The van der Waals surface area contributed by atoms with E-state index in [1.165, 1.54) is 11.3 Å². The van der Waals surface area contributed by atoms with Gasteiger partial charge in [-0.2, -0.15) is 0 Å². The van der Waals surface area contributed by atoms with Gasteiger partial charge in [-0.25, -0.2) is 0 Å². The molecule has 1 N–H and O–H groups in total. The molecule has 0 spiro atoms. The molecule has 1 aromatic heterocycles. The summed E-state index contributed by atoms with van der Waals surface area (Å²) in [5.41, 5.74) is 0. The summed E-state index contributed by atoms with van der Waals surface area (Å²) in [6.07, 6.45) is 5.10. The normalized spacial score (nSPS) is 28.2. The number of hydrogen-bond acceptors (Lipinski definition) is 2. The maximum atomic E-state index is 11.3. The van der Waals surface area contributed by atoms with Gasteiger partial charge in [-0.05, 0) is 59.5 Å². The summed E-state index contributed by atoms with van der Waals surface area (Å²) in [6, 6.07) is 2.12. The maximum Gasteiger partial charge on any atom is 0.306 e. The SMILES string of the molecule is CCC1CCC(C(=O)O)C(Cc2cc(Br)cs2)C1. The first-order valence-electron chi connectivity index (χ1n) is 6.55. The molecule has 0 bridgehead atoms. The molecule has 100 valence electrons. The predicted octanol–water partition coefficient (Wildman–Crippen LogP) is 4.58. The standard InChI is InChI=1S/C14H19BrO2S/c1-2-9-3-4-13(14(16)17)10(5-9)6-12-7-11(15)8-18-12/h7-10,13H,2-6H2,1H3,(H,16,17). The molecule has 18 heavy (non-hydrogen) atoms. The molecule has 0 radical (unpaired) electrons. The quantitative estimate of drug-likeness (QED) is 0.877. The molecule has 2 rings (SSSR count). The number of carboxylic acids is 1. The average molecular weight is 331 g/mol. The summed E-state index contributed by atoms with van der Waals surface area (Å²) in [4.78, 5) is 12.7. The number of hydrogen-bond donors (Lipinski definition) is 1. The molecular weight excluding hydrogens is 312 g/mol. The van der Waals surface area contributed by atoms with Crippen molar-refractivity contribution in [2.24, 2.45) is 17.8 Å². The molecule has 1 aromatic rings. The van der Waals surface area contributed by atoms with Gasteiger partial charge in [0, 0.05) is 14.7 Å². The van der Waals surface area contributed by atoms with E-state index in [1.54, 1.807) is 11.3 Å². The highest BCUT2D eigenvalue weighted by molar-refractivity contribution is 9.10. The number of carboxylic acid groups (broad SMARTS) is 1. The molecule has 1 fully saturated rings. The zero-order chi connectivity index (χ0) is 13.1. The van der Waals surface area contributed by atoms with Crippen molar-refractivity contribution in [3.63, 3.8) is 0 Å². The minimum Gasteiger partial charge on any atom is -0.481 e. The monoisotopic (exact) mass is 330 g/mol. The van der Waals surface area contributed by atoms with Crippen LogP contribution in [0.5, 0.6) is 0 Å².